The average molecular weight is 486 g/mol. The standard InChI is InChI=1S/C27H26Cl2FNO2/c1-17-18(9-6-12-25(17)30)26-21(19-7-2-4-10-23(19)28)15-31(13-14-32)16-22(26)27(33)20-8-3-5-11-24(20)29/h2-12,21-22,26,32H,13-16H2,1H3/t21-,22+,26-/m1/s1. The zero-order chi connectivity index (χ0) is 23.5. The molecule has 6 heteroatoms. The van der Waals surface area contributed by atoms with Gasteiger partial charge in [-0.15, -0.1) is 0 Å². The Balaban J connectivity index is 1.90. The lowest BCUT2D eigenvalue weighted by Crippen LogP contribution is -2.48. The van der Waals surface area contributed by atoms with E-state index < -0.39 is 5.92 Å². The highest BCUT2D eigenvalue weighted by atomic mass is 35.5. The van der Waals surface area contributed by atoms with Gasteiger partial charge in [0, 0.05) is 48.0 Å². The quantitative estimate of drug-likeness (QED) is 0.427. The molecule has 1 heterocycles. The summed E-state index contributed by atoms with van der Waals surface area (Å²) in [4.78, 5) is 16.0. The largest absolute Gasteiger partial charge is 0.395 e. The Labute approximate surface area is 203 Å². The van der Waals surface area contributed by atoms with Crippen LogP contribution in [0.15, 0.2) is 66.7 Å². The van der Waals surface area contributed by atoms with E-state index in [9.17, 15) is 14.3 Å². The number of nitrogens with zero attached hydrogens (tertiary/aromatic N) is 1. The molecule has 3 aromatic carbocycles. The second-order valence-electron chi connectivity index (χ2n) is 8.54. The molecule has 1 fully saturated rings. The van der Waals surface area contributed by atoms with E-state index in [2.05, 4.69) is 4.90 Å². The van der Waals surface area contributed by atoms with Crippen molar-refractivity contribution < 1.29 is 14.3 Å². The molecule has 1 aliphatic rings. The summed E-state index contributed by atoms with van der Waals surface area (Å²) in [5, 5.41) is 10.7. The van der Waals surface area contributed by atoms with Crippen LogP contribution in [0, 0.1) is 18.7 Å². The first-order chi connectivity index (χ1) is 15.9. The number of likely N-dealkylation sites (tertiary alicyclic amines) is 1. The number of halogens is 3. The van der Waals surface area contributed by atoms with Crippen LogP contribution in [-0.2, 0) is 0 Å². The van der Waals surface area contributed by atoms with Gasteiger partial charge in [-0.2, -0.15) is 0 Å². The molecular formula is C27H26Cl2FNO2. The zero-order valence-corrected chi connectivity index (χ0v) is 19.9. The summed E-state index contributed by atoms with van der Waals surface area (Å²) in [6.07, 6.45) is 0. The van der Waals surface area contributed by atoms with Gasteiger partial charge in [0.25, 0.3) is 0 Å². The number of aliphatic hydroxyl groups excluding tert-OH is 1. The van der Waals surface area contributed by atoms with Crippen LogP contribution in [0.2, 0.25) is 10.0 Å². The molecule has 3 atom stereocenters. The van der Waals surface area contributed by atoms with Crippen molar-refractivity contribution in [2.75, 3.05) is 26.2 Å². The number of β-amino-alcohol motifs (C(OH)–C–C–N with tert-alkyl or cyclic N) is 1. The maximum Gasteiger partial charge on any atom is 0.169 e. The van der Waals surface area contributed by atoms with Gasteiger partial charge in [-0.25, -0.2) is 4.39 Å². The second-order valence-corrected chi connectivity index (χ2v) is 9.36. The van der Waals surface area contributed by atoms with Gasteiger partial charge >= 0.3 is 0 Å². The Hall–Kier alpha value is -2.24. The molecule has 0 aliphatic carbocycles. The molecule has 1 N–H and O–H groups in total. The molecule has 1 aliphatic heterocycles. The van der Waals surface area contributed by atoms with Crippen LogP contribution in [0.1, 0.15) is 38.9 Å². The van der Waals surface area contributed by atoms with Crippen LogP contribution in [0.5, 0.6) is 0 Å². The van der Waals surface area contributed by atoms with Gasteiger partial charge in [0.15, 0.2) is 5.78 Å². The summed E-state index contributed by atoms with van der Waals surface area (Å²) < 4.78 is 14.7. The number of carbonyl (C=O) groups excluding carboxylic acids is 1. The maximum atomic E-state index is 14.7. The number of Topliss-reactive ketones (excluding diaryl/α,β-unsaturated/α-hetero) is 1. The van der Waals surface area contributed by atoms with Crippen LogP contribution >= 0.6 is 23.2 Å². The highest BCUT2D eigenvalue weighted by Gasteiger charge is 2.43. The highest BCUT2D eigenvalue weighted by molar-refractivity contribution is 6.34. The summed E-state index contributed by atoms with van der Waals surface area (Å²) in [5.74, 6) is -1.36. The molecule has 0 spiro atoms. The number of piperidine rings is 1. The van der Waals surface area contributed by atoms with Crippen molar-refractivity contribution in [3.8, 4) is 0 Å². The number of hydrogen-bond donors (Lipinski definition) is 1. The normalized spacial score (nSPS) is 21.2. The summed E-state index contributed by atoms with van der Waals surface area (Å²) in [6.45, 7) is 3.20. The smallest absolute Gasteiger partial charge is 0.169 e. The molecule has 1 saturated heterocycles. The van der Waals surface area contributed by atoms with Gasteiger partial charge in [-0.05, 0) is 47.9 Å². The lowest BCUT2D eigenvalue weighted by Gasteiger charge is -2.44. The number of carbonyl (C=O) groups is 1. The Bertz CT molecular complexity index is 1150. The minimum atomic E-state index is -0.494. The van der Waals surface area contributed by atoms with E-state index in [1.165, 1.54) is 6.07 Å². The van der Waals surface area contributed by atoms with E-state index in [4.69, 9.17) is 23.2 Å². The number of aliphatic hydroxyl groups is 1. The van der Waals surface area contributed by atoms with Crippen LogP contribution in [-0.4, -0.2) is 42.0 Å². The predicted molar refractivity (Wildman–Crippen MR) is 131 cm³/mol. The molecule has 3 aromatic rings. The third-order valence-corrected chi connectivity index (χ3v) is 7.32. The lowest BCUT2D eigenvalue weighted by molar-refractivity contribution is 0.0700. The predicted octanol–water partition coefficient (Wildman–Crippen LogP) is 6.12. The van der Waals surface area contributed by atoms with E-state index in [1.807, 2.05) is 30.3 Å². The van der Waals surface area contributed by atoms with Crippen LogP contribution in [0.4, 0.5) is 4.39 Å². The zero-order valence-electron chi connectivity index (χ0n) is 18.3. The molecule has 0 saturated carbocycles. The number of rotatable bonds is 6. The minimum absolute atomic E-state index is 0.0219. The van der Waals surface area contributed by atoms with E-state index in [0.29, 0.717) is 40.8 Å². The van der Waals surface area contributed by atoms with E-state index in [1.54, 1.807) is 37.3 Å². The summed E-state index contributed by atoms with van der Waals surface area (Å²) in [5.41, 5.74) is 2.69. The maximum absolute atomic E-state index is 14.7. The topological polar surface area (TPSA) is 40.5 Å². The van der Waals surface area contributed by atoms with Crippen molar-refractivity contribution in [1.82, 2.24) is 4.90 Å². The van der Waals surface area contributed by atoms with Crippen molar-refractivity contribution in [1.29, 1.82) is 0 Å². The Morgan fingerprint density at radius 3 is 2.33 bits per heavy atom. The van der Waals surface area contributed by atoms with Crippen molar-refractivity contribution >= 4 is 29.0 Å². The average Bonchev–Trinajstić information content (AvgIpc) is 2.81. The fourth-order valence-corrected chi connectivity index (χ4v) is 5.56. The monoisotopic (exact) mass is 485 g/mol. The van der Waals surface area contributed by atoms with Crippen molar-refractivity contribution in [2.45, 2.75) is 18.8 Å². The van der Waals surface area contributed by atoms with Gasteiger partial charge in [-0.3, -0.25) is 9.69 Å². The molecule has 3 nitrogen and oxygen atoms in total. The highest BCUT2D eigenvalue weighted by Crippen LogP contribution is 2.47. The van der Waals surface area contributed by atoms with Gasteiger partial charge in [0.05, 0.1) is 11.6 Å². The van der Waals surface area contributed by atoms with Crippen LogP contribution in [0.25, 0.3) is 0 Å². The minimum Gasteiger partial charge on any atom is -0.395 e. The first-order valence-corrected chi connectivity index (χ1v) is 11.8. The van der Waals surface area contributed by atoms with Crippen molar-refractivity contribution in [3.63, 3.8) is 0 Å². The number of benzene rings is 3. The van der Waals surface area contributed by atoms with Crippen molar-refractivity contribution in [2.24, 2.45) is 5.92 Å². The Morgan fingerprint density at radius 1 is 0.970 bits per heavy atom. The summed E-state index contributed by atoms with van der Waals surface area (Å²) in [6, 6.07) is 19.7. The van der Waals surface area contributed by atoms with E-state index >= 15 is 0 Å². The molecule has 4 rings (SSSR count). The van der Waals surface area contributed by atoms with E-state index in [0.717, 1.165) is 11.1 Å². The Kier molecular flexibility index (Phi) is 7.50. The number of ketones is 1. The summed E-state index contributed by atoms with van der Waals surface area (Å²) >= 11 is 13.0. The lowest BCUT2D eigenvalue weighted by atomic mass is 9.67. The van der Waals surface area contributed by atoms with E-state index in [-0.39, 0.29) is 30.0 Å². The van der Waals surface area contributed by atoms with Crippen LogP contribution < -0.4 is 0 Å². The third-order valence-electron chi connectivity index (χ3n) is 6.64. The van der Waals surface area contributed by atoms with Gasteiger partial charge in [0.2, 0.25) is 0 Å². The molecule has 33 heavy (non-hydrogen) atoms. The third kappa shape index (κ3) is 4.85. The molecule has 0 unspecified atom stereocenters. The SMILES string of the molecule is Cc1c(F)cccc1[C@H]1[C@@H](C(=O)c2ccccc2Cl)CN(CCO)C[C@@H]1c1ccccc1Cl. The molecule has 0 amide bonds. The first-order valence-electron chi connectivity index (χ1n) is 11.0. The molecular weight excluding hydrogens is 460 g/mol. The Morgan fingerprint density at radius 2 is 1.64 bits per heavy atom. The summed E-state index contributed by atoms with van der Waals surface area (Å²) in [7, 11) is 0. The van der Waals surface area contributed by atoms with Gasteiger partial charge < -0.3 is 5.11 Å². The van der Waals surface area contributed by atoms with Crippen LogP contribution in [0.3, 0.4) is 0 Å². The van der Waals surface area contributed by atoms with Crippen molar-refractivity contribution in [3.05, 3.63) is 105 Å². The first kappa shape index (κ1) is 23.9. The molecule has 172 valence electrons. The van der Waals surface area contributed by atoms with Gasteiger partial charge in [-0.1, -0.05) is 65.7 Å². The fraction of sp³-hybridized carbons (Fsp3) is 0.296. The fourth-order valence-electron chi connectivity index (χ4n) is 5.06. The number of hydrogen-bond acceptors (Lipinski definition) is 3. The van der Waals surface area contributed by atoms with Gasteiger partial charge in [0.1, 0.15) is 5.82 Å². The molecule has 0 radical (unpaired) electrons. The molecule has 0 bridgehead atoms. The second kappa shape index (κ2) is 10.4. The molecule has 0 aromatic heterocycles.